The van der Waals surface area contributed by atoms with Gasteiger partial charge in [-0.3, -0.25) is 0 Å². The van der Waals surface area contributed by atoms with Gasteiger partial charge in [-0.05, 0) is 22.3 Å². The van der Waals surface area contributed by atoms with Crippen molar-refractivity contribution in [3.05, 3.63) is 144 Å². The quantitative estimate of drug-likeness (QED) is 0.236. The second-order valence-corrected chi connectivity index (χ2v) is 9.81. The van der Waals surface area contributed by atoms with Gasteiger partial charge in [-0.15, -0.1) is 0 Å². The lowest BCUT2D eigenvalue weighted by molar-refractivity contribution is -0.329. The summed E-state index contributed by atoms with van der Waals surface area (Å²) in [5, 5.41) is 10.4. The molecule has 1 aliphatic heterocycles. The highest BCUT2D eigenvalue weighted by Gasteiger charge is 2.48. The Morgan fingerprint density at radius 1 is 0.450 bits per heavy atom. The molecule has 1 aliphatic rings. The van der Waals surface area contributed by atoms with Gasteiger partial charge in [-0.25, -0.2) is 0 Å². The number of hydrogen-bond donors (Lipinski definition) is 1. The van der Waals surface area contributed by atoms with Crippen LogP contribution in [-0.2, 0) is 50.1 Å². The Morgan fingerprint density at radius 2 is 0.800 bits per heavy atom. The van der Waals surface area contributed by atoms with Crippen molar-refractivity contribution in [3.63, 3.8) is 0 Å². The van der Waals surface area contributed by atoms with Crippen LogP contribution in [0.1, 0.15) is 22.3 Å². The summed E-state index contributed by atoms with van der Waals surface area (Å²) in [6, 6.07) is 39.8. The van der Waals surface area contributed by atoms with Gasteiger partial charge in [0.2, 0.25) is 0 Å². The van der Waals surface area contributed by atoms with Gasteiger partial charge in [0.15, 0.2) is 6.29 Å². The van der Waals surface area contributed by atoms with E-state index >= 15 is 0 Å². The molecule has 40 heavy (non-hydrogen) atoms. The number of hydrogen-bond acceptors (Lipinski definition) is 6. The fraction of sp³-hybridized carbons (Fsp3) is 0.294. The smallest absolute Gasteiger partial charge is 0.187 e. The molecule has 5 rings (SSSR count). The number of rotatable bonds is 13. The van der Waals surface area contributed by atoms with E-state index < -0.39 is 30.7 Å². The molecule has 0 aromatic heterocycles. The summed E-state index contributed by atoms with van der Waals surface area (Å²) in [7, 11) is 0. The Kier molecular flexibility index (Phi) is 10.5. The first-order valence-corrected chi connectivity index (χ1v) is 13.7. The van der Waals surface area contributed by atoms with Crippen LogP contribution in [0.15, 0.2) is 121 Å². The highest BCUT2D eigenvalue weighted by Crippen LogP contribution is 2.31. The molecule has 1 saturated heterocycles. The summed E-state index contributed by atoms with van der Waals surface area (Å²) in [4.78, 5) is 0. The van der Waals surface area contributed by atoms with Crippen LogP contribution >= 0.6 is 0 Å². The van der Waals surface area contributed by atoms with E-state index in [0.717, 1.165) is 22.3 Å². The lowest BCUT2D eigenvalue weighted by Gasteiger charge is -2.45. The predicted octanol–water partition coefficient (Wildman–Crippen LogP) is 5.68. The normalized spacial score (nSPS) is 22.7. The maximum absolute atomic E-state index is 10.4. The maximum atomic E-state index is 10.4. The highest BCUT2D eigenvalue weighted by atomic mass is 16.7. The van der Waals surface area contributed by atoms with Crippen LogP contribution in [0.3, 0.4) is 0 Å². The summed E-state index contributed by atoms with van der Waals surface area (Å²) in [6.07, 6.45) is -3.22. The van der Waals surface area contributed by atoms with Crippen LogP contribution in [0.2, 0.25) is 0 Å². The fourth-order valence-corrected chi connectivity index (χ4v) is 4.78. The largest absolute Gasteiger partial charge is 0.394 e. The Hall–Kier alpha value is -3.36. The Morgan fingerprint density at radius 3 is 1.20 bits per heavy atom. The van der Waals surface area contributed by atoms with Gasteiger partial charge in [-0.2, -0.15) is 0 Å². The summed E-state index contributed by atoms with van der Waals surface area (Å²) in [5.74, 6) is 0. The minimum Gasteiger partial charge on any atom is -0.394 e. The predicted molar refractivity (Wildman–Crippen MR) is 152 cm³/mol. The molecule has 6 heteroatoms. The Labute approximate surface area is 236 Å². The van der Waals surface area contributed by atoms with E-state index in [1.165, 1.54) is 0 Å². The third kappa shape index (κ3) is 7.86. The molecule has 0 amide bonds. The first kappa shape index (κ1) is 28.2. The molecule has 0 spiro atoms. The second-order valence-electron chi connectivity index (χ2n) is 9.81. The molecule has 5 atom stereocenters. The molecule has 4 aromatic carbocycles. The fourth-order valence-electron chi connectivity index (χ4n) is 4.78. The van der Waals surface area contributed by atoms with Crippen molar-refractivity contribution in [2.24, 2.45) is 0 Å². The molecule has 0 bridgehead atoms. The third-order valence-electron chi connectivity index (χ3n) is 6.88. The standard InChI is InChI=1S/C34H36O6/c35-21-30-31(36-22-26-13-5-1-6-14-26)32(37-23-27-15-7-2-8-16-27)33(38-24-28-17-9-3-10-18-28)34(40-30)39-25-29-19-11-4-12-20-29/h1-20,30-35H,21-25H2/t30?,31?,32-,33?,34?/m0/s1. The van der Waals surface area contributed by atoms with Crippen LogP contribution in [0.25, 0.3) is 0 Å². The summed E-state index contributed by atoms with van der Waals surface area (Å²) >= 11 is 0. The first-order chi connectivity index (χ1) is 19.8. The van der Waals surface area contributed by atoms with Crippen molar-refractivity contribution >= 4 is 0 Å². The zero-order chi connectivity index (χ0) is 27.4. The Balaban J connectivity index is 1.41. The van der Waals surface area contributed by atoms with Crippen molar-refractivity contribution in [3.8, 4) is 0 Å². The molecule has 6 nitrogen and oxygen atoms in total. The molecule has 1 heterocycles. The van der Waals surface area contributed by atoms with Gasteiger partial charge in [0.1, 0.15) is 24.4 Å². The van der Waals surface area contributed by atoms with E-state index in [4.69, 9.17) is 23.7 Å². The van der Waals surface area contributed by atoms with Gasteiger partial charge < -0.3 is 28.8 Å². The first-order valence-electron chi connectivity index (χ1n) is 13.7. The highest BCUT2D eigenvalue weighted by molar-refractivity contribution is 5.16. The summed E-state index contributed by atoms with van der Waals surface area (Å²) in [6.45, 7) is 1.13. The Bertz CT molecular complexity index is 1240. The summed E-state index contributed by atoms with van der Waals surface area (Å²) in [5.41, 5.74) is 4.08. The third-order valence-corrected chi connectivity index (χ3v) is 6.88. The molecular weight excluding hydrogens is 504 g/mol. The zero-order valence-electron chi connectivity index (χ0n) is 22.5. The molecule has 1 N–H and O–H groups in total. The summed E-state index contributed by atoms with van der Waals surface area (Å²) < 4.78 is 32.1. The van der Waals surface area contributed by atoms with E-state index in [0.29, 0.717) is 26.4 Å². The van der Waals surface area contributed by atoms with Gasteiger partial charge in [0.25, 0.3) is 0 Å². The van der Waals surface area contributed by atoms with E-state index in [1.807, 2.05) is 121 Å². The SMILES string of the molecule is OCC1OC(OCc2ccccc2)C(OCc2ccccc2)[C@@H](OCc2ccccc2)C1OCc1ccccc1. The van der Waals surface area contributed by atoms with Crippen molar-refractivity contribution in [2.45, 2.75) is 57.1 Å². The van der Waals surface area contributed by atoms with Crippen molar-refractivity contribution in [1.82, 2.24) is 0 Å². The zero-order valence-corrected chi connectivity index (χ0v) is 22.5. The molecule has 208 valence electrons. The van der Waals surface area contributed by atoms with Crippen molar-refractivity contribution < 1.29 is 28.8 Å². The maximum Gasteiger partial charge on any atom is 0.187 e. The average molecular weight is 541 g/mol. The molecule has 4 unspecified atom stereocenters. The van der Waals surface area contributed by atoms with Crippen LogP contribution < -0.4 is 0 Å². The molecule has 0 radical (unpaired) electrons. The van der Waals surface area contributed by atoms with Gasteiger partial charge in [0.05, 0.1) is 33.0 Å². The van der Waals surface area contributed by atoms with Crippen LogP contribution in [0, 0.1) is 0 Å². The minimum absolute atomic E-state index is 0.249. The molecule has 4 aromatic rings. The van der Waals surface area contributed by atoms with E-state index in [1.54, 1.807) is 0 Å². The monoisotopic (exact) mass is 540 g/mol. The van der Waals surface area contributed by atoms with Crippen molar-refractivity contribution in [2.75, 3.05) is 6.61 Å². The minimum atomic E-state index is -0.779. The van der Waals surface area contributed by atoms with Crippen LogP contribution in [0.4, 0.5) is 0 Å². The van der Waals surface area contributed by atoms with Crippen LogP contribution in [-0.4, -0.2) is 42.4 Å². The van der Waals surface area contributed by atoms with Gasteiger partial charge >= 0.3 is 0 Å². The average Bonchev–Trinajstić information content (AvgIpc) is 3.03. The van der Waals surface area contributed by atoms with Crippen molar-refractivity contribution in [1.29, 1.82) is 0 Å². The molecule has 1 fully saturated rings. The lowest BCUT2D eigenvalue weighted by Crippen LogP contribution is -2.61. The van der Waals surface area contributed by atoms with Gasteiger partial charge in [0, 0.05) is 0 Å². The topological polar surface area (TPSA) is 66.4 Å². The number of ether oxygens (including phenoxy) is 5. The lowest BCUT2D eigenvalue weighted by atomic mass is 9.97. The number of benzene rings is 4. The number of aliphatic hydroxyl groups is 1. The second kappa shape index (κ2) is 14.9. The molecular formula is C34H36O6. The number of aliphatic hydroxyl groups excluding tert-OH is 1. The van der Waals surface area contributed by atoms with Crippen LogP contribution in [0.5, 0.6) is 0 Å². The molecule has 0 aliphatic carbocycles. The van der Waals surface area contributed by atoms with E-state index in [-0.39, 0.29) is 6.61 Å². The van der Waals surface area contributed by atoms with E-state index in [9.17, 15) is 5.11 Å². The van der Waals surface area contributed by atoms with E-state index in [2.05, 4.69) is 0 Å². The molecule has 0 saturated carbocycles. The van der Waals surface area contributed by atoms with Gasteiger partial charge in [-0.1, -0.05) is 121 Å².